The predicted molar refractivity (Wildman–Crippen MR) is 95.9 cm³/mol. The number of rotatable bonds is 5. The van der Waals surface area contributed by atoms with Crippen LogP contribution in [0.5, 0.6) is 5.75 Å². The van der Waals surface area contributed by atoms with Gasteiger partial charge in [0, 0.05) is 31.7 Å². The van der Waals surface area contributed by atoms with E-state index in [0.717, 1.165) is 12.2 Å². The van der Waals surface area contributed by atoms with E-state index in [1.807, 2.05) is 12.1 Å². The zero-order valence-corrected chi connectivity index (χ0v) is 15.4. The van der Waals surface area contributed by atoms with Crippen LogP contribution in [0.4, 0.5) is 4.79 Å². The summed E-state index contributed by atoms with van der Waals surface area (Å²) in [4.78, 5) is 28.0. The summed E-state index contributed by atoms with van der Waals surface area (Å²) < 4.78 is 10.7. The highest BCUT2D eigenvalue weighted by Crippen LogP contribution is 2.16. The third-order valence-corrected chi connectivity index (χ3v) is 3.99. The van der Waals surface area contributed by atoms with Crippen molar-refractivity contribution in [3.63, 3.8) is 0 Å². The number of carbonyl (C=O) groups excluding carboxylic acids is 2. The second-order valence-corrected chi connectivity index (χ2v) is 6.56. The van der Waals surface area contributed by atoms with Crippen molar-refractivity contribution in [3.05, 3.63) is 29.8 Å². The van der Waals surface area contributed by atoms with Crippen LogP contribution in [0, 0.1) is 5.92 Å². The Bertz CT molecular complexity index is 571. The number of hydrogen-bond acceptors (Lipinski definition) is 4. The van der Waals surface area contributed by atoms with E-state index in [1.165, 1.54) is 0 Å². The van der Waals surface area contributed by atoms with Gasteiger partial charge in [-0.3, -0.25) is 4.79 Å². The van der Waals surface area contributed by atoms with Crippen LogP contribution in [0.3, 0.4) is 0 Å². The van der Waals surface area contributed by atoms with Gasteiger partial charge in [0.25, 0.3) is 5.91 Å². The van der Waals surface area contributed by atoms with Gasteiger partial charge < -0.3 is 19.3 Å². The molecule has 0 bridgehead atoms. The maximum absolute atomic E-state index is 12.7. The Hall–Kier alpha value is -2.24. The molecule has 0 N–H and O–H groups in total. The van der Waals surface area contributed by atoms with Gasteiger partial charge >= 0.3 is 6.09 Å². The fraction of sp³-hybridized carbons (Fsp3) is 0.579. The van der Waals surface area contributed by atoms with Crippen molar-refractivity contribution >= 4 is 12.0 Å². The Morgan fingerprint density at radius 3 is 2.32 bits per heavy atom. The fourth-order valence-corrected chi connectivity index (χ4v) is 2.66. The van der Waals surface area contributed by atoms with Crippen molar-refractivity contribution in [2.24, 2.45) is 5.92 Å². The molecule has 0 aliphatic carbocycles. The van der Waals surface area contributed by atoms with E-state index in [-0.39, 0.29) is 12.0 Å². The third kappa shape index (κ3) is 5.66. The molecule has 1 fully saturated rings. The van der Waals surface area contributed by atoms with Gasteiger partial charge in [0.1, 0.15) is 5.75 Å². The molecule has 2 amide bonds. The fourth-order valence-electron chi connectivity index (χ4n) is 2.66. The molecule has 138 valence electrons. The van der Waals surface area contributed by atoms with Crippen LogP contribution in [-0.2, 0) is 4.74 Å². The van der Waals surface area contributed by atoms with Crippen molar-refractivity contribution in [2.45, 2.75) is 27.2 Å². The van der Waals surface area contributed by atoms with Crippen LogP contribution in [0.1, 0.15) is 37.6 Å². The van der Waals surface area contributed by atoms with Crippen LogP contribution in [0.25, 0.3) is 0 Å². The Balaban J connectivity index is 1.92. The molecule has 2 rings (SSSR count). The minimum Gasteiger partial charge on any atom is -0.493 e. The number of benzene rings is 1. The molecule has 0 radical (unpaired) electrons. The lowest BCUT2D eigenvalue weighted by Gasteiger charge is -2.22. The minimum absolute atomic E-state index is 0.0129. The molecule has 1 heterocycles. The highest BCUT2D eigenvalue weighted by molar-refractivity contribution is 5.94. The summed E-state index contributed by atoms with van der Waals surface area (Å²) in [6.45, 7) is 9.27. The standard InChI is InChI=1S/C19H28N2O4/c1-4-24-19(23)21-11-5-10-20(12-13-21)18(22)16-6-8-17(9-7-16)25-14-15(2)3/h6-9,15H,4-5,10-14H2,1-3H3. The molecule has 6 nitrogen and oxygen atoms in total. The highest BCUT2D eigenvalue weighted by Gasteiger charge is 2.23. The molecule has 1 aromatic carbocycles. The SMILES string of the molecule is CCOC(=O)N1CCCN(C(=O)c2ccc(OCC(C)C)cc2)CC1. The van der Waals surface area contributed by atoms with Crippen LogP contribution in [-0.4, -0.2) is 61.2 Å². The number of carbonyl (C=O) groups is 2. The summed E-state index contributed by atoms with van der Waals surface area (Å²) in [7, 11) is 0. The summed E-state index contributed by atoms with van der Waals surface area (Å²) in [5, 5.41) is 0. The van der Waals surface area contributed by atoms with E-state index in [2.05, 4.69) is 13.8 Å². The number of hydrogen-bond donors (Lipinski definition) is 0. The molecule has 1 aromatic rings. The first-order chi connectivity index (χ1) is 12.0. The van der Waals surface area contributed by atoms with E-state index < -0.39 is 0 Å². The van der Waals surface area contributed by atoms with E-state index >= 15 is 0 Å². The zero-order valence-electron chi connectivity index (χ0n) is 15.4. The van der Waals surface area contributed by atoms with Gasteiger partial charge in [-0.2, -0.15) is 0 Å². The summed E-state index contributed by atoms with van der Waals surface area (Å²) >= 11 is 0. The van der Waals surface area contributed by atoms with Gasteiger partial charge in [0.15, 0.2) is 0 Å². The van der Waals surface area contributed by atoms with Crippen molar-refractivity contribution in [3.8, 4) is 5.75 Å². The van der Waals surface area contributed by atoms with Gasteiger partial charge in [-0.05, 0) is 43.5 Å². The number of amides is 2. The molecule has 1 saturated heterocycles. The maximum atomic E-state index is 12.7. The van der Waals surface area contributed by atoms with E-state index in [1.54, 1.807) is 28.9 Å². The Morgan fingerprint density at radius 1 is 1.04 bits per heavy atom. The Kier molecular flexibility index (Phi) is 7.10. The Morgan fingerprint density at radius 2 is 1.68 bits per heavy atom. The third-order valence-electron chi connectivity index (χ3n) is 3.99. The minimum atomic E-state index is -0.302. The first-order valence-electron chi connectivity index (χ1n) is 8.95. The van der Waals surface area contributed by atoms with Crippen molar-refractivity contribution in [2.75, 3.05) is 39.4 Å². The van der Waals surface area contributed by atoms with Crippen molar-refractivity contribution < 1.29 is 19.1 Å². The molecular weight excluding hydrogens is 320 g/mol. The van der Waals surface area contributed by atoms with Crippen LogP contribution in [0.15, 0.2) is 24.3 Å². The smallest absolute Gasteiger partial charge is 0.409 e. The van der Waals surface area contributed by atoms with E-state index in [4.69, 9.17) is 9.47 Å². The largest absolute Gasteiger partial charge is 0.493 e. The molecule has 25 heavy (non-hydrogen) atoms. The zero-order chi connectivity index (χ0) is 18.2. The summed E-state index contributed by atoms with van der Waals surface area (Å²) in [6, 6.07) is 7.26. The van der Waals surface area contributed by atoms with Gasteiger partial charge in [-0.25, -0.2) is 4.79 Å². The number of ether oxygens (including phenoxy) is 2. The first-order valence-corrected chi connectivity index (χ1v) is 8.95. The van der Waals surface area contributed by atoms with Crippen LogP contribution >= 0.6 is 0 Å². The quantitative estimate of drug-likeness (QED) is 0.821. The number of nitrogens with zero attached hydrogens (tertiary/aromatic N) is 2. The lowest BCUT2D eigenvalue weighted by Crippen LogP contribution is -2.37. The van der Waals surface area contributed by atoms with Gasteiger partial charge in [-0.15, -0.1) is 0 Å². The first kappa shape index (κ1) is 19.1. The summed E-state index contributed by atoms with van der Waals surface area (Å²) in [5.74, 6) is 1.22. The van der Waals surface area contributed by atoms with Gasteiger partial charge in [0.05, 0.1) is 13.2 Å². The predicted octanol–water partition coefficient (Wildman–Crippen LogP) is 3.03. The van der Waals surface area contributed by atoms with Crippen LogP contribution in [0.2, 0.25) is 0 Å². The van der Waals surface area contributed by atoms with Crippen LogP contribution < -0.4 is 4.74 Å². The molecule has 1 aliphatic heterocycles. The molecule has 0 saturated carbocycles. The van der Waals surface area contributed by atoms with E-state index in [0.29, 0.717) is 50.9 Å². The maximum Gasteiger partial charge on any atom is 0.409 e. The molecule has 6 heteroatoms. The normalized spacial score (nSPS) is 15.0. The van der Waals surface area contributed by atoms with Gasteiger partial charge in [0.2, 0.25) is 0 Å². The Labute approximate surface area is 149 Å². The average Bonchev–Trinajstić information content (AvgIpc) is 2.86. The molecule has 1 aliphatic rings. The molecule has 0 spiro atoms. The molecule has 0 unspecified atom stereocenters. The second kappa shape index (κ2) is 9.30. The highest BCUT2D eigenvalue weighted by atomic mass is 16.6. The molecular formula is C19H28N2O4. The molecule has 0 atom stereocenters. The lowest BCUT2D eigenvalue weighted by atomic mass is 10.2. The summed E-state index contributed by atoms with van der Waals surface area (Å²) in [5.41, 5.74) is 0.640. The van der Waals surface area contributed by atoms with Gasteiger partial charge in [-0.1, -0.05) is 13.8 Å². The summed E-state index contributed by atoms with van der Waals surface area (Å²) in [6.07, 6.45) is 0.448. The second-order valence-electron chi connectivity index (χ2n) is 6.56. The van der Waals surface area contributed by atoms with Crippen molar-refractivity contribution in [1.82, 2.24) is 9.80 Å². The topological polar surface area (TPSA) is 59.1 Å². The molecule has 0 aromatic heterocycles. The lowest BCUT2D eigenvalue weighted by molar-refractivity contribution is 0.0753. The average molecular weight is 348 g/mol. The monoisotopic (exact) mass is 348 g/mol. The van der Waals surface area contributed by atoms with E-state index in [9.17, 15) is 9.59 Å². The van der Waals surface area contributed by atoms with Crippen molar-refractivity contribution in [1.29, 1.82) is 0 Å².